The van der Waals surface area contributed by atoms with E-state index in [0.717, 1.165) is 0 Å². The van der Waals surface area contributed by atoms with Crippen LogP contribution >= 0.6 is 0 Å². The molecule has 1 N–H and O–H groups in total. The molecule has 0 unspecified atom stereocenters. The molecule has 0 aliphatic rings. The van der Waals surface area contributed by atoms with Crippen LogP contribution in [0.1, 0.15) is 19.4 Å². The topological polar surface area (TPSA) is 29.9 Å². The first-order chi connectivity index (χ1) is 9.04. The lowest BCUT2D eigenvalue weighted by Gasteiger charge is -2.24. The quantitative estimate of drug-likeness (QED) is 0.760. The SMILES string of the molecule is CNC(C)(C)c1ccc2c3cnccc3n(C)c2c1. The summed E-state index contributed by atoms with van der Waals surface area (Å²) < 4.78 is 2.24. The molecule has 0 amide bonds. The summed E-state index contributed by atoms with van der Waals surface area (Å²) in [5, 5.41) is 5.84. The third-order valence-corrected chi connectivity index (χ3v) is 4.16. The Hall–Kier alpha value is -1.87. The summed E-state index contributed by atoms with van der Waals surface area (Å²) in [5.74, 6) is 0. The molecule has 3 rings (SSSR count). The lowest BCUT2D eigenvalue weighted by molar-refractivity contribution is 0.445. The molecule has 3 aromatic rings. The van der Waals surface area contributed by atoms with E-state index < -0.39 is 0 Å². The lowest BCUT2D eigenvalue weighted by Crippen LogP contribution is -2.33. The minimum Gasteiger partial charge on any atom is -0.344 e. The number of hydrogen-bond donors (Lipinski definition) is 1. The van der Waals surface area contributed by atoms with Gasteiger partial charge >= 0.3 is 0 Å². The van der Waals surface area contributed by atoms with Crippen molar-refractivity contribution in [3.8, 4) is 0 Å². The molecule has 0 atom stereocenters. The van der Waals surface area contributed by atoms with Crippen LogP contribution in [-0.4, -0.2) is 16.6 Å². The van der Waals surface area contributed by atoms with E-state index in [2.05, 4.69) is 60.0 Å². The smallest absolute Gasteiger partial charge is 0.0519 e. The second-order valence-electron chi connectivity index (χ2n) is 5.56. The number of benzene rings is 1. The number of pyridine rings is 1. The van der Waals surface area contributed by atoms with Crippen LogP contribution in [-0.2, 0) is 12.6 Å². The van der Waals surface area contributed by atoms with Gasteiger partial charge in [0.05, 0.1) is 5.52 Å². The molecule has 2 heterocycles. The molecule has 0 saturated heterocycles. The van der Waals surface area contributed by atoms with Crippen molar-refractivity contribution in [3.05, 3.63) is 42.2 Å². The van der Waals surface area contributed by atoms with Crippen molar-refractivity contribution in [1.29, 1.82) is 0 Å². The van der Waals surface area contributed by atoms with Gasteiger partial charge in [-0.2, -0.15) is 0 Å². The molecule has 0 saturated carbocycles. The Morgan fingerprint density at radius 3 is 2.63 bits per heavy atom. The number of nitrogens with one attached hydrogen (secondary N) is 1. The molecular formula is C16H19N3. The predicted octanol–water partition coefficient (Wildman–Crippen LogP) is 3.18. The van der Waals surface area contributed by atoms with Crippen molar-refractivity contribution >= 4 is 21.8 Å². The van der Waals surface area contributed by atoms with E-state index in [0.29, 0.717) is 0 Å². The van der Waals surface area contributed by atoms with E-state index in [1.54, 1.807) is 0 Å². The molecule has 3 nitrogen and oxygen atoms in total. The standard InChI is InChI=1S/C16H19N3/c1-16(2,17-3)11-5-6-12-13-10-18-8-7-14(13)19(4)15(12)9-11/h5-10,17H,1-4H3. The highest BCUT2D eigenvalue weighted by Gasteiger charge is 2.19. The maximum absolute atomic E-state index is 4.24. The second-order valence-corrected chi connectivity index (χ2v) is 5.56. The van der Waals surface area contributed by atoms with Crippen molar-refractivity contribution in [3.63, 3.8) is 0 Å². The van der Waals surface area contributed by atoms with Crippen LogP contribution in [0.5, 0.6) is 0 Å². The highest BCUT2D eigenvalue weighted by atomic mass is 14.9. The van der Waals surface area contributed by atoms with Crippen molar-refractivity contribution in [2.45, 2.75) is 19.4 Å². The first-order valence-electron chi connectivity index (χ1n) is 6.56. The molecule has 0 aliphatic carbocycles. The Balaban J connectivity index is 2.35. The lowest BCUT2D eigenvalue weighted by atomic mass is 9.93. The third kappa shape index (κ3) is 1.73. The molecule has 0 fully saturated rings. The van der Waals surface area contributed by atoms with Gasteiger partial charge in [0, 0.05) is 41.3 Å². The van der Waals surface area contributed by atoms with E-state index in [9.17, 15) is 0 Å². The molecular weight excluding hydrogens is 234 g/mol. The molecule has 1 aromatic carbocycles. The number of hydrogen-bond acceptors (Lipinski definition) is 2. The Morgan fingerprint density at radius 1 is 1.11 bits per heavy atom. The van der Waals surface area contributed by atoms with E-state index in [4.69, 9.17) is 0 Å². The zero-order valence-electron chi connectivity index (χ0n) is 11.9. The highest BCUT2D eigenvalue weighted by Crippen LogP contribution is 2.30. The van der Waals surface area contributed by atoms with E-state index in [-0.39, 0.29) is 5.54 Å². The molecule has 2 aromatic heterocycles. The van der Waals surface area contributed by atoms with Gasteiger partial charge in [-0.25, -0.2) is 0 Å². The fourth-order valence-electron chi connectivity index (χ4n) is 2.59. The number of fused-ring (bicyclic) bond motifs is 3. The van der Waals surface area contributed by atoms with E-state index in [1.165, 1.54) is 27.4 Å². The zero-order valence-corrected chi connectivity index (χ0v) is 11.9. The summed E-state index contributed by atoms with van der Waals surface area (Å²) in [4.78, 5) is 4.24. The molecule has 98 valence electrons. The average Bonchev–Trinajstić information content (AvgIpc) is 2.73. The summed E-state index contributed by atoms with van der Waals surface area (Å²) in [5.41, 5.74) is 3.75. The van der Waals surface area contributed by atoms with Gasteiger partial charge in [-0.05, 0) is 38.6 Å². The fraction of sp³-hybridized carbons (Fsp3) is 0.312. The zero-order chi connectivity index (χ0) is 13.6. The van der Waals surface area contributed by atoms with Crippen LogP contribution in [0.3, 0.4) is 0 Å². The maximum atomic E-state index is 4.24. The van der Waals surface area contributed by atoms with Gasteiger partial charge in [-0.15, -0.1) is 0 Å². The van der Waals surface area contributed by atoms with E-state index >= 15 is 0 Å². The predicted molar refractivity (Wildman–Crippen MR) is 80.3 cm³/mol. The minimum absolute atomic E-state index is 0.0249. The number of aryl methyl sites for hydroxylation is 1. The van der Waals surface area contributed by atoms with Crippen LogP contribution in [0, 0.1) is 0 Å². The maximum Gasteiger partial charge on any atom is 0.0519 e. The molecule has 3 heteroatoms. The third-order valence-electron chi connectivity index (χ3n) is 4.16. The highest BCUT2D eigenvalue weighted by molar-refractivity contribution is 6.07. The molecule has 19 heavy (non-hydrogen) atoms. The van der Waals surface area contributed by atoms with Crippen molar-refractivity contribution in [2.24, 2.45) is 7.05 Å². The average molecular weight is 253 g/mol. The number of nitrogens with zero attached hydrogens (tertiary/aromatic N) is 2. The van der Waals surface area contributed by atoms with Crippen LogP contribution in [0.2, 0.25) is 0 Å². The van der Waals surface area contributed by atoms with Crippen molar-refractivity contribution in [1.82, 2.24) is 14.9 Å². The Morgan fingerprint density at radius 2 is 1.89 bits per heavy atom. The first-order valence-corrected chi connectivity index (χ1v) is 6.56. The summed E-state index contributed by atoms with van der Waals surface area (Å²) in [7, 11) is 4.11. The van der Waals surface area contributed by atoms with Gasteiger partial charge in [-0.3, -0.25) is 4.98 Å². The molecule has 0 radical (unpaired) electrons. The van der Waals surface area contributed by atoms with Crippen molar-refractivity contribution in [2.75, 3.05) is 7.05 Å². The Kier molecular flexibility index (Phi) is 2.61. The van der Waals surface area contributed by atoms with Crippen LogP contribution in [0.25, 0.3) is 21.8 Å². The fourth-order valence-corrected chi connectivity index (χ4v) is 2.59. The molecule has 0 bridgehead atoms. The van der Waals surface area contributed by atoms with Gasteiger partial charge < -0.3 is 9.88 Å². The minimum atomic E-state index is -0.0249. The van der Waals surface area contributed by atoms with Crippen LogP contribution in [0.15, 0.2) is 36.7 Å². The monoisotopic (exact) mass is 253 g/mol. The summed E-state index contributed by atoms with van der Waals surface area (Å²) >= 11 is 0. The number of aromatic nitrogens is 2. The van der Waals surface area contributed by atoms with Gasteiger partial charge in [0.2, 0.25) is 0 Å². The van der Waals surface area contributed by atoms with Gasteiger partial charge in [-0.1, -0.05) is 12.1 Å². The normalized spacial score (nSPS) is 12.4. The summed E-state index contributed by atoms with van der Waals surface area (Å²) in [6, 6.07) is 8.74. The Bertz CT molecular complexity index is 753. The largest absolute Gasteiger partial charge is 0.344 e. The second kappa shape index (κ2) is 4.07. The molecule has 0 spiro atoms. The number of rotatable bonds is 2. The van der Waals surface area contributed by atoms with Crippen molar-refractivity contribution < 1.29 is 0 Å². The van der Waals surface area contributed by atoms with Gasteiger partial charge in [0.15, 0.2) is 0 Å². The summed E-state index contributed by atoms with van der Waals surface area (Å²) in [6.07, 6.45) is 3.79. The van der Waals surface area contributed by atoms with Crippen LogP contribution in [0.4, 0.5) is 0 Å². The van der Waals surface area contributed by atoms with Gasteiger partial charge in [0.25, 0.3) is 0 Å². The first kappa shape index (κ1) is 12.2. The summed E-state index contributed by atoms with van der Waals surface area (Å²) in [6.45, 7) is 4.39. The molecule has 0 aliphatic heterocycles. The van der Waals surface area contributed by atoms with E-state index in [1.807, 2.05) is 19.4 Å². The van der Waals surface area contributed by atoms with Crippen LogP contribution < -0.4 is 5.32 Å². The Labute approximate surface area is 113 Å². The van der Waals surface area contributed by atoms with Gasteiger partial charge in [0.1, 0.15) is 0 Å².